The van der Waals surface area contributed by atoms with E-state index >= 15 is 0 Å². The van der Waals surface area contributed by atoms with E-state index < -0.39 is 27.7 Å². The Morgan fingerprint density at radius 1 is 1.09 bits per heavy atom. The smallest absolute Gasteiger partial charge is 0.301 e. The number of carbonyl (C=O) groups excluding carboxylic acids is 1. The molecule has 0 aliphatic rings. The minimum Gasteiger partial charge on any atom is -0.301 e. The van der Waals surface area contributed by atoms with Crippen molar-refractivity contribution in [1.29, 1.82) is 0 Å². The van der Waals surface area contributed by atoms with Gasteiger partial charge < -0.3 is 5.32 Å². The Morgan fingerprint density at radius 3 is 2.47 bits per heavy atom. The van der Waals surface area contributed by atoms with Gasteiger partial charge in [0, 0.05) is 18.5 Å². The van der Waals surface area contributed by atoms with E-state index in [2.05, 4.69) is 15.5 Å². The van der Waals surface area contributed by atoms with Crippen molar-refractivity contribution in [3.63, 3.8) is 0 Å². The van der Waals surface area contributed by atoms with Crippen molar-refractivity contribution in [1.82, 2.24) is 10.2 Å². The lowest BCUT2D eigenvalue weighted by Crippen LogP contribution is -2.31. The zero-order chi connectivity index (χ0) is 23.4. The van der Waals surface area contributed by atoms with Crippen LogP contribution in [0.1, 0.15) is 18.4 Å². The molecular weight excluding hydrogens is 465 g/mol. The lowest BCUT2D eigenvalue weighted by Gasteiger charge is -2.23. The first kappa shape index (κ1) is 23.7. The maximum Gasteiger partial charge on any atom is 0.416 e. The second-order valence-corrected chi connectivity index (χ2v) is 9.70. The molecule has 0 saturated carbocycles. The summed E-state index contributed by atoms with van der Waals surface area (Å²) in [6, 6.07) is 13.4. The molecule has 0 spiro atoms. The molecule has 3 rings (SSSR count). The van der Waals surface area contributed by atoms with Gasteiger partial charge in [-0.3, -0.25) is 9.10 Å². The van der Waals surface area contributed by atoms with E-state index in [0.29, 0.717) is 10.1 Å². The summed E-state index contributed by atoms with van der Waals surface area (Å²) in [5.41, 5.74) is -0.207. The first-order valence-corrected chi connectivity index (χ1v) is 12.0. The molecule has 0 saturated heterocycles. The van der Waals surface area contributed by atoms with Gasteiger partial charge in [-0.2, -0.15) is 13.2 Å². The standard InChI is InChI=1S/C20H19F3N4O3S2/c1-32(29,30)27(16-10-5-9-15(13-16)20(21,22)23)12-6-11-17(28)24-19-26-25-18(31-19)14-7-3-2-4-8-14/h2-5,7-10,13H,6,11-12H2,1H3,(H,24,26,28). The highest BCUT2D eigenvalue weighted by atomic mass is 32.2. The molecule has 12 heteroatoms. The summed E-state index contributed by atoms with van der Waals surface area (Å²) < 4.78 is 64.0. The third-order valence-electron chi connectivity index (χ3n) is 4.32. The Hall–Kier alpha value is -2.99. The summed E-state index contributed by atoms with van der Waals surface area (Å²) in [4.78, 5) is 12.2. The molecule has 0 aliphatic carbocycles. The highest BCUT2D eigenvalue weighted by Crippen LogP contribution is 2.32. The third-order valence-corrected chi connectivity index (χ3v) is 6.40. The van der Waals surface area contributed by atoms with Crippen molar-refractivity contribution in [2.75, 3.05) is 22.4 Å². The summed E-state index contributed by atoms with van der Waals surface area (Å²) >= 11 is 1.19. The number of hydrogen-bond acceptors (Lipinski definition) is 6. The van der Waals surface area contributed by atoms with Crippen molar-refractivity contribution >= 4 is 38.1 Å². The van der Waals surface area contributed by atoms with Gasteiger partial charge in [-0.25, -0.2) is 8.42 Å². The molecule has 0 unspecified atom stereocenters. The van der Waals surface area contributed by atoms with Gasteiger partial charge >= 0.3 is 6.18 Å². The zero-order valence-corrected chi connectivity index (χ0v) is 18.5. The molecule has 0 atom stereocenters. The molecule has 7 nitrogen and oxygen atoms in total. The van der Waals surface area contributed by atoms with Gasteiger partial charge in [0.15, 0.2) is 0 Å². The monoisotopic (exact) mass is 484 g/mol. The number of amides is 1. The number of anilines is 2. The molecule has 1 heterocycles. The fourth-order valence-electron chi connectivity index (χ4n) is 2.86. The summed E-state index contributed by atoms with van der Waals surface area (Å²) in [5, 5.41) is 11.5. The first-order chi connectivity index (χ1) is 15.0. The molecule has 1 N–H and O–H groups in total. The third kappa shape index (κ3) is 6.26. The van der Waals surface area contributed by atoms with E-state index in [0.717, 1.165) is 34.3 Å². The van der Waals surface area contributed by atoms with Crippen molar-refractivity contribution in [3.8, 4) is 10.6 Å². The number of alkyl halides is 3. The van der Waals surface area contributed by atoms with E-state index in [9.17, 15) is 26.4 Å². The van der Waals surface area contributed by atoms with E-state index in [-0.39, 0.29) is 25.1 Å². The number of rotatable bonds is 8. The van der Waals surface area contributed by atoms with E-state index in [1.807, 2.05) is 30.3 Å². The minimum absolute atomic E-state index is 0.0504. The SMILES string of the molecule is CS(=O)(=O)N(CCCC(=O)Nc1nnc(-c2ccccc2)s1)c1cccc(C(F)(F)F)c1. The summed E-state index contributed by atoms with van der Waals surface area (Å²) in [6.07, 6.45) is -3.65. The van der Waals surface area contributed by atoms with E-state index in [1.54, 1.807) is 0 Å². The fourth-order valence-corrected chi connectivity index (χ4v) is 4.58. The van der Waals surface area contributed by atoms with Crippen molar-refractivity contribution in [2.45, 2.75) is 19.0 Å². The average Bonchev–Trinajstić information content (AvgIpc) is 3.19. The van der Waals surface area contributed by atoms with Crippen LogP contribution in [0.15, 0.2) is 54.6 Å². The van der Waals surface area contributed by atoms with E-state index in [4.69, 9.17) is 0 Å². The lowest BCUT2D eigenvalue weighted by atomic mass is 10.2. The normalized spacial score (nSPS) is 11.9. The lowest BCUT2D eigenvalue weighted by molar-refractivity contribution is -0.137. The molecule has 2 aromatic carbocycles. The molecule has 0 radical (unpaired) electrons. The highest BCUT2D eigenvalue weighted by Gasteiger charge is 2.31. The molecule has 1 amide bonds. The van der Waals surface area contributed by atoms with Gasteiger partial charge in [0.05, 0.1) is 17.5 Å². The summed E-state index contributed by atoms with van der Waals surface area (Å²) in [6.45, 7) is -0.154. The van der Waals surface area contributed by atoms with Crippen molar-refractivity contribution in [3.05, 3.63) is 60.2 Å². The van der Waals surface area contributed by atoms with Gasteiger partial charge in [0.25, 0.3) is 0 Å². The quantitative estimate of drug-likeness (QED) is 0.511. The van der Waals surface area contributed by atoms with Gasteiger partial charge in [-0.1, -0.05) is 47.7 Å². The predicted octanol–water partition coefficient (Wildman–Crippen LogP) is 4.41. The fraction of sp³-hybridized carbons (Fsp3) is 0.250. The second-order valence-electron chi connectivity index (χ2n) is 6.81. The van der Waals surface area contributed by atoms with Crippen LogP contribution in [-0.2, 0) is 21.0 Å². The zero-order valence-electron chi connectivity index (χ0n) is 16.8. The van der Waals surface area contributed by atoms with Crippen LogP contribution < -0.4 is 9.62 Å². The minimum atomic E-state index is -4.60. The van der Waals surface area contributed by atoms with Crippen LogP contribution in [-0.4, -0.2) is 37.3 Å². The number of nitrogens with one attached hydrogen (secondary N) is 1. The number of carbonyl (C=O) groups is 1. The Labute approximate surface area is 187 Å². The summed E-state index contributed by atoms with van der Waals surface area (Å²) in [7, 11) is -3.85. The number of hydrogen-bond donors (Lipinski definition) is 1. The number of sulfonamides is 1. The van der Waals surface area contributed by atoms with Crippen LogP contribution in [0.25, 0.3) is 10.6 Å². The number of halogens is 3. The Morgan fingerprint density at radius 2 is 1.81 bits per heavy atom. The number of benzene rings is 2. The van der Waals surface area contributed by atoms with Crippen LogP contribution in [0, 0.1) is 0 Å². The maximum atomic E-state index is 13.0. The van der Waals surface area contributed by atoms with Crippen LogP contribution >= 0.6 is 11.3 Å². The van der Waals surface area contributed by atoms with Gasteiger partial charge in [-0.05, 0) is 24.6 Å². The molecule has 32 heavy (non-hydrogen) atoms. The molecule has 0 aliphatic heterocycles. The Bertz CT molecular complexity index is 1180. The molecule has 0 fully saturated rings. The van der Waals surface area contributed by atoms with Crippen LogP contribution in [0.2, 0.25) is 0 Å². The number of nitrogens with zero attached hydrogens (tertiary/aromatic N) is 3. The Balaban J connectivity index is 1.61. The van der Waals surface area contributed by atoms with Gasteiger partial charge in [0.1, 0.15) is 5.01 Å². The predicted molar refractivity (Wildman–Crippen MR) is 117 cm³/mol. The molecule has 3 aromatic rings. The van der Waals surface area contributed by atoms with Crippen LogP contribution in [0.5, 0.6) is 0 Å². The second kappa shape index (κ2) is 9.65. The largest absolute Gasteiger partial charge is 0.416 e. The highest BCUT2D eigenvalue weighted by molar-refractivity contribution is 7.92. The van der Waals surface area contributed by atoms with Crippen molar-refractivity contribution in [2.24, 2.45) is 0 Å². The molecular formula is C20H19F3N4O3S2. The van der Waals surface area contributed by atoms with Crippen molar-refractivity contribution < 1.29 is 26.4 Å². The van der Waals surface area contributed by atoms with Crippen LogP contribution in [0.4, 0.5) is 24.0 Å². The van der Waals surface area contributed by atoms with Gasteiger partial charge in [0.2, 0.25) is 21.1 Å². The molecule has 0 bridgehead atoms. The maximum absolute atomic E-state index is 13.0. The average molecular weight is 485 g/mol. The first-order valence-electron chi connectivity index (χ1n) is 9.38. The molecule has 1 aromatic heterocycles. The molecule has 170 valence electrons. The van der Waals surface area contributed by atoms with Crippen LogP contribution in [0.3, 0.4) is 0 Å². The number of aromatic nitrogens is 2. The van der Waals surface area contributed by atoms with Gasteiger partial charge in [-0.15, -0.1) is 10.2 Å². The topological polar surface area (TPSA) is 92.3 Å². The summed E-state index contributed by atoms with van der Waals surface area (Å²) in [5.74, 6) is -0.404. The Kier molecular flexibility index (Phi) is 7.14. The van der Waals surface area contributed by atoms with E-state index in [1.165, 1.54) is 17.4 Å².